The second kappa shape index (κ2) is 6.20. The minimum absolute atomic E-state index is 0.0144. The quantitative estimate of drug-likeness (QED) is 0.683. The van der Waals surface area contributed by atoms with E-state index in [1.807, 2.05) is 48.9 Å². The molecule has 6 heteroatoms. The minimum atomic E-state index is -0.429. The second-order valence-electron chi connectivity index (χ2n) is 6.20. The molecule has 1 aliphatic rings. The normalized spacial score (nSPS) is 13.0. The van der Waals surface area contributed by atoms with Crippen LogP contribution in [0.3, 0.4) is 0 Å². The molecule has 0 fully saturated rings. The van der Waals surface area contributed by atoms with Gasteiger partial charge in [0.2, 0.25) is 5.89 Å². The smallest absolute Gasteiger partial charge is 0.359 e. The summed E-state index contributed by atoms with van der Waals surface area (Å²) in [6.45, 7) is 3.71. The molecule has 0 radical (unpaired) electrons. The molecule has 0 saturated carbocycles. The summed E-state index contributed by atoms with van der Waals surface area (Å²) < 4.78 is 12.7. The van der Waals surface area contributed by atoms with Crippen molar-refractivity contribution in [1.82, 2.24) is 14.8 Å². The lowest BCUT2D eigenvalue weighted by molar-refractivity contribution is 0.0428. The number of ether oxygens (including phenoxy) is 1. The first-order chi connectivity index (χ1) is 12.1. The van der Waals surface area contributed by atoms with E-state index in [4.69, 9.17) is 9.15 Å². The SMILES string of the molecule is Cc1nc(COC(=O)c2nn(-c3ccccc3)c3c2CCC3)oc1C. The van der Waals surface area contributed by atoms with Crippen molar-refractivity contribution in [2.75, 3.05) is 0 Å². The van der Waals surface area contributed by atoms with Crippen LogP contribution in [-0.2, 0) is 24.2 Å². The predicted octanol–water partition coefficient (Wildman–Crippen LogP) is 3.32. The van der Waals surface area contributed by atoms with Crippen LogP contribution in [0.2, 0.25) is 0 Å². The van der Waals surface area contributed by atoms with Crippen LogP contribution in [0.4, 0.5) is 0 Å². The highest BCUT2D eigenvalue weighted by atomic mass is 16.5. The summed E-state index contributed by atoms with van der Waals surface area (Å²) in [5.41, 5.74) is 4.25. The monoisotopic (exact) mass is 337 g/mol. The number of rotatable bonds is 4. The van der Waals surface area contributed by atoms with Crippen LogP contribution in [0.15, 0.2) is 34.7 Å². The lowest BCUT2D eigenvalue weighted by atomic mass is 10.2. The maximum absolute atomic E-state index is 12.5. The van der Waals surface area contributed by atoms with E-state index in [9.17, 15) is 4.79 Å². The predicted molar refractivity (Wildman–Crippen MR) is 90.7 cm³/mol. The highest BCUT2D eigenvalue weighted by Gasteiger charge is 2.28. The van der Waals surface area contributed by atoms with E-state index in [0.29, 0.717) is 11.6 Å². The lowest BCUT2D eigenvalue weighted by Gasteiger charge is -2.04. The van der Waals surface area contributed by atoms with Gasteiger partial charge in [-0.15, -0.1) is 0 Å². The van der Waals surface area contributed by atoms with Gasteiger partial charge in [-0.25, -0.2) is 14.5 Å². The van der Waals surface area contributed by atoms with Gasteiger partial charge in [-0.05, 0) is 45.2 Å². The maximum Gasteiger partial charge on any atom is 0.359 e. The Labute approximate surface area is 145 Å². The van der Waals surface area contributed by atoms with Crippen molar-refractivity contribution < 1.29 is 13.9 Å². The van der Waals surface area contributed by atoms with Crippen LogP contribution in [-0.4, -0.2) is 20.7 Å². The standard InChI is InChI=1S/C19H19N3O3/c1-12-13(2)25-17(20-12)11-24-19(23)18-15-9-6-10-16(15)22(21-18)14-7-4-3-5-8-14/h3-5,7-8H,6,9-11H2,1-2H3. The summed E-state index contributed by atoms with van der Waals surface area (Å²) in [6, 6.07) is 9.86. The van der Waals surface area contributed by atoms with E-state index in [2.05, 4.69) is 10.1 Å². The van der Waals surface area contributed by atoms with Gasteiger partial charge >= 0.3 is 5.97 Å². The van der Waals surface area contributed by atoms with E-state index in [1.165, 1.54) is 0 Å². The minimum Gasteiger partial charge on any atom is -0.451 e. The van der Waals surface area contributed by atoms with Gasteiger partial charge in [0.25, 0.3) is 0 Å². The lowest BCUT2D eigenvalue weighted by Crippen LogP contribution is -2.09. The van der Waals surface area contributed by atoms with Crippen LogP contribution in [0.1, 0.15) is 45.5 Å². The summed E-state index contributed by atoms with van der Waals surface area (Å²) in [7, 11) is 0. The fourth-order valence-electron chi connectivity index (χ4n) is 3.18. The van der Waals surface area contributed by atoms with Crippen LogP contribution in [0.25, 0.3) is 5.69 Å². The number of hydrogen-bond donors (Lipinski definition) is 0. The van der Waals surface area contributed by atoms with Crippen molar-refractivity contribution >= 4 is 5.97 Å². The Balaban J connectivity index is 1.59. The van der Waals surface area contributed by atoms with Gasteiger partial charge in [0, 0.05) is 11.3 Å². The Morgan fingerprint density at radius 1 is 1.24 bits per heavy atom. The number of para-hydroxylation sites is 1. The Kier molecular flexibility index (Phi) is 3.87. The molecular weight excluding hydrogens is 318 g/mol. The molecule has 1 aromatic carbocycles. The van der Waals surface area contributed by atoms with Crippen molar-refractivity contribution in [3.8, 4) is 5.69 Å². The molecule has 1 aliphatic carbocycles. The number of aryl methyl sites for hydroxylation is 2. The molecule has 2 aromatic heterocycles. The van der Waals surface area contributed by atoms with E-state index in [1.54, 1.807) is 0 Å². The zero-order chi connectivity index (χ0) is 17.4. The van der Waals surface area contributed by atoms with Gasteiger partial charge in [0.1, 0.15) is 5.76 Å². The van der Waals surface area contributed by atoms with Crippen LogP contribution in [0.5, 0.6) is 0 Å². The zero-order valence-electron chi connectivity index (χ0n) is 14.3. The average Bonchev–Trinajstić information content (AvgIpc) is 3.29. The van der Waals surface area contributed by atoms with Gasteiger partial charge in [-0.1, -0.05) is 18.2 Å². The molecule has 0 unspecified atom stereocenters. The van der Waals surface area contributed by atoms with Crippen molar-refractivity contribution in [2.24, 2.45) is 0 Å². The first kappa shape index (κ1) is 15.6. The molecular formula is C19H19N3O3. The molecule has 0 N–H and O–H groups in total. The summed E-state index contributed by atoms with van der Waals surface area (Å²) >= 11 is 0. The second-order valence-corrected chi connectivity index (χ2v) is 6.20. The van der Waals surface area contributed by atoms with E-state index in [0.717, 1.165) is 47.7 Å². The number of hydrogen-bond acceptors (Lipinski definition) is 5. The Morgan fingerprint density at radius 2 is 2.04 bits per heavy atom. The first-order valence-electron chi connectivity index (χ1n) is 8.39. The van der Waals surface area contributed by atoms with Crippen LogP contribution >= 0.6 is 0 Å². The van der Waals surface area contributed by atoms with Crippen LogP contribution in [0, 0.1) is 13.8 Å². The topological polar surface area (TPSA) is 70.2 Å². The Morgan fingerprint density at radius 3 is 2.76 bits per heavy atom. The molecule has 0 saturated heterocycles. The molecule has 0 amide bonds. The third-order valence-corrected chi connectivity index (χ3v) is 4.52. The number of fused-ring (bicyclic) bond motifs is 1. The van der Waals surface area contributed by atoms with Gasteiger partial charge in [-0.3, -0.25) is 0 Å². The maximum atomic E-state index is 12.5. The number of aromatic nitrogens is 3. The van der Waals surface area contributed by atoms with Crippen molar-refractivity contribution in [2.45, 2.75) is 39.7 Å². The number of benzene rings is 1. The molecule has 2 heterocycles. The molecule has 0 spiro atoms. The van der Waals surface area contributed by atoms with Crippen molar-refractivity contribution in [1.29, 1.82) is 0 Å². The summed E-state index contributed by atoms with van der Waals surface area (Å²) in [5.74, 6) is 0.712. The van der Waals surface area contributed by atoms with E-state index < -0.39 is 5.97 Å². The van der Waals surface area contributed by atoms with Gasteiger partial charge in [0.15, 0.2) is 12.3 Å². The Bertz CT molecular complexity index is 906. The summed E-state index contributed by atoms with van der Waals surface area (Å²) in [6.07, 6.45) is 2.80. The zero-order valence-corrected chi connectivity index (χ0v) is 14.3. The van der Waals surface area contributed by atoms with Crippen molar-refractivity contribution in [3.05, 3.63) is 64.6 Å². The third-order valence-electron chi connectivity index (χ3n) is 4.52. The van der Waals surface area contributed by atoms with E-state index >= 15 is 0 Å². The van der Waals surface area contributed by atoms with Gasteiger partial charge in [-0.2, -0.15) is 5.10 Å². The molecule has 128 valence electrons. The molecule has 0 atom stereocenters. The number of nitrogens with zero attached hydrogens (tertiary/aromatic N) is 3. The number of carbonyl (C=O) groups excluding carboxylic acids is 1. The molecule has 4 rings (SSSR count). The first-order valence-corrected chi connectivity index (χ1v) is 8.39. The number of carbonyl (C=O) groups is 1. The van der Waals surface area contributed by atoms with Gasteiger partial charge < -0.3 is 9.15 Å². The molecule has 6 nitrogen and oxygen atoms in total. The highest BCUT2D eigenvalue weighted by Crippen LogP contribution is 2.28. The average molecular weight is 337 g/mol. The largest absolute Gasteiger partial charge is 0.451 e. The number of oxazole rings is 1. The summed E-state index contributed by atoms with van der Waals surface area (Å²) in [5, 5.41) is 4.53. The summed E-state index contributed by atoms with van der Waals surface area (Å²) in [4.78, 5) is 16.8. The highest BCUT2D eigenvalue weighted by molar-refractivity contribution is 5.89. The van der Waals surface area contributed by atoms with E-state index in [-0.39, 0.29) is 6.61 Å². The van der Waals surface area contributed by atoms with Crippen molar-refractivity contribution in [3.63, 3.8) is 0 Å². The Hall–Kier alpha value is -2.89. The molecule has 0 aliphatic heterocycles. The number of esters is 1. The molecule has 0 bridgehead atoms. The molecule has 25 heavy (non-hydrogen) atoms. The fraction of sp³-hybridized carbons (Fsp3) is 0.316. The molecule has 3 aromatic rings. The van der Waals surface area contributed by atoms with Gasteiger partial charge in [0.05, 0.1) is 11.4 Å². The fourth-order valence-corrected chi connectivity index (χ4v) is 3.18. The van der Waals surface area contributed by atoms with Crippen LogP contribution < -0.4 is 0 Å². The third kappa shape index (κ3) is 2.84.